The van der Waals surface area contributed by atoms with E-state index in [0.717, 1.165) is 16.0 Å². The molecule has 57 heavy (non-hydrogen) atoms. The summed E-state index contributed by atoms with van der Waals surface area (Å²) in [5.41, 5.74) is 2.16. The first-order valence-corrected chi connectivity index (χ1v) is 20.0. The highest BCUT2D eigenvalue weighted by Crippen LogP contribution is 2.51. The van der Waals surface area contributed by atoms with Crippen molar-refractivity contribution in [3.63, 3.8) is 0 Å². The van der Waals surface area contributed by atoms with Crippen molar-refractivity contribution in [2.45, 2.75) is 32.6 Å². The van der Waals surface area contributed by atoms with E-state index < -0.39 is 43.4 Å². The van der Waals surface area contributed by atoms with Crippen molar-refractivity contribution < 1.29 is 46.6 Å². The summed E-state index contributed by atoms with van der Waals surface area (Å²) < 4.78 is 58.0. The van der Waals surface area contributed by atoms with E-state index in [1.807, 2.05) is 60.7 Å². The lowest BCUT2D eigenvalue weighted by Crippen LogP contribution is -2.29. The number of halogens is 1. The molecule has 0 radical (unpaired) electrons. The maximum atomic E-state index is 14.6. The standard InChI is InChI=1S/C44H38FN2O9P/c1-3-52-44(50)29(2)55-57(51,56-34-18-11-6-12-19-34)27-26-53-40-35-20-13-25-46-38(35)41(54-39(31-14-7-4-8-15-31)32-16-9-5-10-17-32)37-36(40)42(48)47(43(37)49)28-30-21-23-33(45)24-22-30/h4-25,29,39H,3,26-28H2,1-2H3. The molecule has 0 spiro atoms. The van der Waals surface area contributed by atoms with Crippen LogP contribution in [-0.2, 0) is 25.2 Å². The van der Waals surface area contributed by atoms with Crippen LogP contribution < -0.4 is 14.0 Å². The Kier molecular flexibility index (Phi) is 11.7. The molecule has 1 aliphatic rings. The minimum Gasteiger partial charge on any atom is -0.491 e. The summed E-state index contributed by atoms with van der Waals surface area (Å²) in [6.07, 6.45) is -0.796. The van der Waals surface area contributed by atoms with Crippen LogP contribution in [0.5, 0.6) is 17.2 Å². The molecule has 13 heteroatoms. The molecule has 7 rings (SSSR count). The SMILES string of the molecule is CCOC(=O)C(C)OP(=O)(CCOc1c2c(c(OC(c3ccccc3)c3ccccc3)c3ncccc13)C(=O)N(Cc1ccc(F)cc1)C2=O)Oc1ccccc1. The number of fused-ring (bicyclic) bond motifs is 2. The van der Waals surface area contributed by atoms with Crippen molar-refractivity contribution in [1.82, 2.24) is 9.88 Å². The monoisotopic (exact) mass is 788 g/mol. The molecular weight excluding hydrogens is 750 g/mol. The number of ether oxygens (including phenoxy) is 3. The van der Waals surface area contributed by atoms with Crippen LogP contribution in [0.4, 0.5) is 4.39 Å². The van der Waals surface area contributed by atoms with Gasteiger partial charge in [0.25, 0.3) is 11.8 Å². The maximum absolute atomic E-state index is 14.6. The number of hydrogen-bond acceptors (Lipinski definition) is 10. The highest BCUT2D eigenvalue weighted by atomic mass is 31.2. The first kappa shape index (κ1) is 38.9. The van der Waals surface area contributed by atoms with E-state index in [-0.39, 0.29) is 59.8 Å². The highest BCUT2D eigenvalue weighted by Gasteiger charge is 2.44. The minimum absolute atomic E-state index is 0.00100. The second-order valence-electron chi connectivity index (χ2n) is 13.0. The number of rotatable bonds is 16. The molecule has 5 aromatic carbocycles. The molecule has 0 saturated carbocycles. The number of esters is 1. The van der Waals surface area contributed by atoms with Crippen LogP contribution in [0.3, 0.4) is 0 Å². The van der Waals surface area contributed by atoms with E-state index in [9.17, 15) is 23.3 Å². The summed E-state index contributed by atoms with van der Waals surface area (Å²) in [5, 5.41) is 0.343. The lowest BCUT2D eigenvalue weighted by Gasteiger charge is -2.24. The van der Waals surface area contributed by atoms with E-state index in [2.05, 4.69) is 4.98 Å². The number of imide groups is 1. The number of pyridine rings is 1. The minimum atomic E-state index is -4.14. The number of carbonyl (C=O) groups is 3. The molecule has 0 aliphatic carbocycles. The Morgan fingerprint density at radius 1 is 0.789 bits per heavy atom. The summed E-state index contributed by atoms with van der Waals surface area (Å²) in [5.74, 6) is -2.25. The van der Waals surface area contributed by atoms with Gasteiger partial charge in [0.15, 0.2) is 11.9 Å². The number of hydrogen-bond donors (Lipinski definition) is 0. The topological polar surface area (TPSA) is 131 Å². The van der Waals surface area contributed by atoms with Crippen LogP contribution in [-0.4, -0.2) is 53.1 Å². The molecule has 2 heterocycles. The van der Waals surface area contributed by atoms with Gasteiger partial charge in [0.1, 0.15) is 41.1 Å². The van der Waals surface area contributed by atoms with E-state index in [1.54, 1.807) is 49.4 Å². The van der Waals surface area contributed by atoms with Gasteiger partial charge in [-0.3, -0.25) is 24.0 Å². The van der Waals surface area contributed by atoms with Gasteiger partial charge in [0.2, 0.25) is 0 Å². The van der Waals surface area contributed by atoms with Crippen molar-refractivity contribution in [2.24, 2.45) is 0 Å². The summed E-state index contributed by atoms with van der Waals surface area (Å²) >= 11 is 0. The Labute approximate surface area is 328 Å². The normalized spacial score (nSPS) is 13.9. The zero-order valence-corrected chi connectivity index (χ0v) is 32.0. The first-order valence-electron chi connectivity index (χ1n) is 18.3. The zero-order valence-electron chi connectivity index (χ0n) is 31.1. The number of nitrogens with zero attached hydrogens (tertiary/aromatic N) is 2. The molecule has 2 amide bonds. The average molecular weight is 789 g/mol. The van der Waals surface area contributed by atoms with E-state index in [0.29, 0.717) is 10.9 Å². The fraction of sp³-hybridized carbons (Fsp3) is 0.182. The quantitative estimate of drug-likeness (QED) is 0.0532. The molecule has 0 bridgehead atoms. The molecule has 1 aliphatic heterocycles. The molecule has 1 aromatic heterocycles. The average Bonchev–Trinajstić information content (AvgIpc) is 3.47. The summed E-state index contributed by atoms with van der Waals surface area (Å²) in [6.45, 7) is 2.63. The molecule has 2 unspecified atom stereocenters. The third-order valence-corrected chi connectivity index (χ3v) is 11.0. The Balaban J connectivity index is 1.31. The Morgan fingerprint density at radius 2 is 1.39 bits per heavy atom. The number of benzene rings is 5. The fourth-order valence-electron chi connectivity index (χ4n) is 6.47. The Hall–Kier alpha value is -6.36. The van der Waals surface area contributed by atoms with Crippen molar-refractivity contribution in [2.75, 3.05) is 19.4 Å². The van der Waals surface area contributed by atoms with E-state index >= 15 is 0 Å². The predicted molar refractivity (Wildman–Crippen MR) is 210 cm³/mol. The van der Waals surface area contributed by atoms with Gasteiger partial charge in [-0.2, -0.15) is 0 Å². The van der Waals surface area contributed by atoms with Gasteiger partial charge in [0, 0.05) is 11.6 Å². The molecule has 6 aromatic rings. The zero-order chi connectivity index (χ0) is 39.9. The van der Waals surface area contributed by atoms with Crippen LogP contribution in [0.15, 0.2) is 134 Å². The van der Waals surface area contributed by atoms with Crippen LogP contribution in [0.1, 0.15) is 57.4 Å². The molecule has 0 fully saturated rings. The van der Waals surface area contributed by atoms with Crippen LogP contribution in [0.2, 0.25) is 0 Å². The van der Waals surface area contributed by atoms with Crippen molar-refractivity contribution in [3.05, 3.63) is 167 Å². The second-order valence-corrected chi connectivity index (χ2v) is 15.1. The fourth-order valence-corrected chi connectivity index (χ4v) is 8.03. The van der Waals surface area contributed by atoms with Gasteiger partial charge >= 0.3 is 13.6 Å². The third kappa shape index (κ3) is 8.57. The summed E-state index contributed by atoms with van der Waals surface area (Å²) in [7, 11) is -4.14. The van der Waals surface area contributed by atoms with Crippen molar-refractivity contribution in [1.29, 1.82) is 0 Å². The lowest BCUT2D eigenvalue weighted by atomic mass is 9.99. The number of aromatic nitrogens is 1. The number of para-hydroxylation sites is 1. The summed E-state index contributed by atoms with van der Waals surface area (Å²) in [6, 6.07) is 36.0. The number of amides is 2. The smallest absolute Gasteiger partial charge is 0.383 e. The van der Waals surface area contributed by atoms with E-state index in [1.165, 1.54) is 37.4 Å². The number of carbonyl (C=O) groups excluding carboxylic acids is 3. The van der Waals surface area contributed by atoms with Crippen molar-refractivity contribution in [3.8, 4) is 17.2 Å². The lowest BCUT2D eigenvalue weighted by molar-refractivity contribution is -0.150. The van der Waals surface area contributed by atoms with Gasteiger partial charge in [-0.05, 0) is 66.9 Å². The van der Waals surface area contributed by atoms with Gasteiger partial charge in [0.05, 0.1) is 24.9 Å². The highest BCUT2D eigenvalue weighted by molar-refractivity contribution is 7.54. The first-order chi connectivity index (χ1) is 27.7. The predicted octanol–water partition coefficient (Wildman–Crippen LogP) is 8.96. The largest absolute Gasteiger partial charge is 0.491 e. The summed E-state index contributed by atoms with van der Waals surface area (Å²) in [4.78, 5) is 47.3. The van der Waals surface area contributed by atoms with Gasteiger partial charge in [-0.1, -0.05) is 91.0 Å². The van der Waals surface area contributed by atoms with Gasteiger partial charge < -0.3 is 18.7 Å². The van der Waals surface area contributed by atoms with Crippen LogP contribution in [0, 0.1) is 5.82 Å². The molecule has 290 valence electrons. The van der Waals surface area contributed by atoms with E-state index in [4.69, 9.17) is 23.3 Å². The van der Waals surface area contributed by atoms with Crippen LogP contribution >= 0.6 is 7.60 Å². The van der Waals surface area contributed by atoms with Crippen molar-refractivity contribution >= 4 is 36.3 Å². The molecule has 2 atom stereocenters. The molecule has 0 saturated heterocycles. The Morgan fingerprint density at radius 3 is 2.00 bits per heavy atom. The van der Waals surface area contributed by atoms with Gasteiger partial charge in [-0.15, -0.1) is 0 Å². The molecule has 0 N–H and O–H groups in total. The maximum Gasteiger partial charge on any atom is 0.383 e. The molecule has 11 nitrogen and oxygen atoms in total. The van der Waals surface area contributed by atoms with Crippen LogP contribution in [0.25, 0.3) is 10.9 Å². The second kappa shape index (κ2) is 17.2. The van der Waals surface area contributed by atoms with Gasteiger partial charge in [-0.25, -0.2) is 13.8 Å². The third-order valence-electron chi connectivity index (χ3n) is 9.12. The molecular formula is C44H38FN2O9P. The Bertz CT molecular complexity index is 2390.